The maximum atomic E-state index is 15.3. The van der Waals surface area contributed by atoms with E-state index >= 15 is 4.39 Å². The fourth-order valence-electron chi connectivity index (χ4n) is 5.92. The first-order valence-electron chi connectivity index (χ1n) is 12.6. The van der Waals surface area contributed by atoms with Crippen molar-refractivity contribution < 1.29 is 23.0 Å². The molecule has 6 rings (SSSR count). The molecule has 1 amide bonds. The van der Waals surface area contributed by atoms with Crippen LogP contribution in [0.3, 0.4) is 0 Å². The lowest BCUT2D eigenvalue weighted by Crippen LogP contribution is -2.53. The Labute approximate surface area is 205 Å². The lowest BCUT2D eigenvalue weighted by molar-refractivity contribution is -0.0349. The van der Waals surface area contributed by atoms with Crippen molar-refractivity contribution in [1.29, 1.82) is 0 Å². The van der Waals surface area contributed by atoms with Crippen LogP contribution < -0.4 is 10.1 Å². The van der Waals surface area contributed by atoms with E-state index in [1.807, 2.05) is 13.8 Å². The van der Waals surface area contributed by atoms with Crippen molar-refractivity contribution >= 4 is 6.09 Å². The molecule has 35 heavy (non-hydrogen) atoms. The van der Waals surface area contributed by atoms with Gasteiger partial charge in [0.1, 0.15) is 11.9 Å². The molecular formula is C28H34F2N2O3. The highest BCUT2D eigenvalue weighted by Gasteiger charge is 2.42. The highest BCUT2D eigenvalue weighted by molar-refractivity contribution is 5.71. The molecule has 5 nitrogen and oxygen atoms in total. The summed E-state index contributed by atoms with van der Waals surface area (Å²) in [7, 11) is 0. The minimum atomic E-state index is -0.522. The Kier molecular flexibility index (Phi) is 6.24. The minimum absolute atomic E-state index is 0.0851. The standard InChI is InChI=1S/C28H34F2N2O3/c1-16(2)34-24-6-5-18(12-23(24)30)20-11-19-14-28(3,4)26(21(19)13-22(20)29)31-27(33)35-25-15-32-9-7-17(25)8-10-32/h5-6,11-13,16-17,25-26H,7-10,14-15H2,1-4H3,(H,31,33)/t25-,26+/m1/s1. The predicted octanol–water partition coefficient (Wildman–Crippen LogP) is 5.86. The van der Waals surface area contributed by atoms with Crippen LogP contribution in [0.1, 0.15) is 57.7 Å². The molecule has 2 aromatic rings. The predicted molar refractivity (Wildman–Crippen MR) is 130 cm³/mol. The van der Waals surface area contributed by atoms with Gasteiger partial charge in [-0.05, 0) is 98.5 Å². The number of nitrogens with zero attached hydrogens (tertiary/aromatic N) is 1. The Balaban J connectivity index is 1.36. The second-order valence-corrected chi connectivity index (χ2v) is 11.2. The largest absolute Gasteiger partial charge is 0.488 e. The Bertz CT molecular complexity index is 1130. The number of rotatable bonds is 5. The molecule has 0 unspecified atom stereocenters. The first kappa shape index (κ1) is 24.0. The molecule has 1 N–H and O–H groups in total. The second-order valence-electron chi connectivity index (χ2n) is 11.2. The van der Waals surface area contributed by atoms with Gasteiger partial charge in [-0.25, -0.2) is 13.6 Å². The number of nitrogens with one attached hydrogen (secondary N) is 1. The molecule has 3 aliphatic heterocycles. The summed E-state index contributed by atoms with van der Waals surface area (Å²) in [5.74, 6) is -0.396. The molecule has 188 valence electrons. The molecule has 0 aromatic heterocycles. The van der Waals surface area contributed by atoms with Crippen molar-refractivity contribution in [2.45, 2.75) is 65.2 Å². The van der Waals surface area contributed by atoms with Gasteiger partial charge in [-0.15, -0.1) is 0 Å². The van der Waals surface area contributed by atoms with Gasteiger partial charge in [-0.3, -0.25) is 4.90 Å². The Morgan fingerprint density at radius 1 is 1.11 bits per heavy atom. The molecular weight excluding hydrogens is 450 g/mol. The van der Waals surface area contributed by atoms with Crippen molar-refractivity contribution in [2.75, 3.05) is 19.6 Å². The summed E-state index contributed by atoms with van der Waals surface area (Å²) in [6.07, 6.45) is 2.11. The molecule has 2 aromatic carbocycles. The minimum Gasteiger partial charge on any atom is -0.488 e. The summed E-state index contributed by atoms with van der Waals surface area (Å²) in [6, 6.07) is 7.42. The number of ether oxygens (including phenoxy) is 2. The molecule has 3 fully saturated rings. The van der Waals surface area contributed by atoms with Crippen LogP contribution in [0, 0.1) is 23.0 Å². The van der Waals surface area contributed by atoms with E-state index in [4.69, 9.17) is 9.47 Å². The molecule has 3 saturated heterocycles. The summed E-state index contributed by atoms with van der Waals surface area (Å²) in [4.78, 5) is 15.2. The highest BCUT2D eigenvalue weighted by Crippen LogP contribution is 2.47. The van der Waals surface area contributed by atoms with Gasteiger partial charge in [0.25, 0.3) is 0 Å². The van der Waals surface area contributed by atoms with Crippen LogP contribution in [0.4, 0.5) is 13.6 Å². The normalized spacial score (nSPS) is 26.5. The average molecular weight is 485 g/mol. The summed E-state index contributed by atoms with van der Waals surface area (Å²) in [5, 5.41) is 3.03. The van der Waals surface area contributed by atoms with Crippen molar-refractivity contribution in [3.05, 3.63) is 53.1 Å². The van der Waals surface area contributed by atoms with Crippen molar-refractivity contribution in [1.82, 2.24) is 10.2 Å². The van der Waals surface area contributed by atoms with E-state index in [9.17, 15) is 9.18 Å². The summed E-state index contributed by atoms with van der Waals surface area (Å²) in [6.45, 7) is 10.7. The van der Waals surface area contributed by atoms with E-state index in [2.05, 4.69) is 24.1 Å². The Morgan fingerprint density at radius 2 is 1.86 bits per heavy atom. The van der Waals surface area contributed by atoms with E-state index in [1.54, 1.807) is 12.1 Å². The molecule has 1 aliphatic carbocycles. The topological polar surface area (TPSA) is 50.8 Å². The quantitative estimate of drug-likeness (QED) is 0.577. The van der Waals surface area contributed by atoms with Crippen molar-refractivity contribution in [3.8, 4) is 16.9 Å². The fraction of sp³-hybridized carbons (Fsp3) is 0.536. The Hall–Kier alpha value is -2.67. The van der Waals surface area contributed by atoms with Crippen LogP contribution in [0.5, 0.6) is 5.75 Å². The Morgan fingerprint density at radius 3 is 2.49 bits per heavy atom. The molecule has 3 heterocycles. The van der Waals surface area contributed by atoms with Crippen LogP contribution in [-0.2, 0) is 11.2 Å². The van der Waals surface area contributed by atoms with Gasteiger partial charge >= 0.3 is 6.09 Å². The zero-order valence-corrected chi connectivity index (χ0v) is 20.9. The van der Waals surface area contributed by atoms with Gasteiger partial charge in [0.05, 0.1) is 12.1 Å². The number of piperidine rings is 3. The smallest absolute Gasteiger partial charge is 0.407 e. The average Bonchev–Trinajstić information content (AvgIpc) is 3.04. The van der Waals surface area contributed by atoms with Crippen LogP contribution >= 0.6 is 0 Å². The molecule has 0 saturated carbocycles. The number of fused-ring (bicyclic) bond motifs is 4. The fourth-order valence-corrected chi connectivity index (χ4v) is 5.92. The van der Waals surface area contributed by atoms with E-state index in [1.165, 1.54) is 18.2 Å². The summed E-state index contributed by atoms with van der Waals surface area (Å²) < 4.78 is 41.2. The lowest BCUT2D eigenvalue weighted by Gasteiger charge is -2.44. The number of halogens is 2. The SMILES string of the molecule is CC(C)Oc1ccc(-c2cc3c(cc2F)[C@H](NC(=O)O[C@@H]2CN4CCC2CC4)C(C)(C)C3)cc1F. The van der Waals surface area contributed by atoms with Crippen LogP contribution in [-0.4, -0.2) is 42.8 Å². The molecule has 7 heteroatoms. The molecule has 0 spiro atoms. The van der Waals surface area contributed by atoms with Crippen LogP contribution in [0.2, 0.25) is 0 Å². The van der Waals surface area contributed by atoms with Gasteiger partial charge in [0.15, 0.2) is 11.6 Å². The number of amides is 1. The first-order valence-corrected chi connectivity index (χ1v) is 12.6. The third kappa shape index (κ3) is 4.75. The molecule has 0 radical (unpaired) electrons. The number of hydrogen-bond acceptors (Lipinski definition) is 4. The first-order chi connectivity index (χ1) is 16.6. The van der Waals surface area contributed by atoms with Crippen molar-refractivity contribution in [2.24, 2.45) is 11.3 Å². The lowest BCUT2D eigenvalue weighted by atomic mass is 9.85. The maximum Gasteiger partial charge on any atom is 0.407 e. The van der Waals surface area contributed by atoms with Gasteiger partial charge in [-0.2, -0.15) is 0 Å². The van der Waals surface area contributed by atoms with Gasteiger partial charge < -0.3 is 14.8 Å². The van der Waals surface area contributed by atoms with Gasteiger partial charge in [-0.1, -0.05) is 19.9 Å². The third-order valence-electron chi connectivity index (χ3n) is 7.69. The van der Waals surface area contributed by atoms with Gasteiger partial charge in [0.2, 0.25) is 0 Å². The maximum absolute atomic E-state index is 15.3. The monoisotopic (exact) mass is 484 g/mol. The van der Waals surface area contributed by atoms with Crippen molar-refractivity contribution in [3.63, 3.8) is 0 Å². The summed E-state index contributed by atoms with van der Waals surface area (Å²) >= 11 is 0. The number of alkyl carbamates (subject to hydrolysis) is 1. The van der Waals surface area contributed by atoms with E-state index in [0.717, 1.165) is 43.6 Å². The second kappa shape index (κ2) is 9.08. The number of benzene rings is 2. The molecule has 4 aliphatic rings. The number of hydrogen-bond donors (Lipinski definition) is 1. The summed E-state index contributed by atoms with van der Waals surface area (Å²) in [5.41, 5.74) is 2.17. The van der Waals surface area contributed by atoms with E-state index in [-0.39, 0.29) is 29.4 Å². The van der Waals surface area contributed by atoms with Crippen LogP contribution in [0.15, 0.2) is 30.3 Å². The van der Waals surface area contributed by atoms with E-state index < -0.39 is 17.7 Å². The molecule has 2 bridgehead atoms. The zero-order valence-electron chi connectivity index (χ0n) is 20.9. The van der Waals surface area contributed by atoms with E-state index in [0.29, 0.717) is 23.5 Å². The van der Waals surface area contributed by atoms with Crippen LogP contribution in [0.25, 0.3) is 11.1 Å². The zero-order chi connectivity index (χ0) is 24.9. The highest BCUT2D eigenvalue weighted by atomic mass is 19.1. The molecule has 2 atom stereocenters. The third-order valence-corrected chi connectivity index (χ3v) is 7.69. The van der Waals surface area contributed by atoms with Gasteiger partial charge in [0, 0.05) is 12.1 Å². The number of carbonyl (C=O) groups is 1. The number of carbonyl (C=O) groups excluding carboxylic acids is 1.